The molecule has 5 heteroatoms. The zero-order valence-corrected chi connectivity index (χ0v) is 7.45. The van der Waals surface area contributed by atoms with Gasteiger partial charge in [-0.15, -0.1) is 0 Å². The average molecular weight is 193 g/mol. The predicted molar refractivity (Wildman–Crippen MR) is 52.5 cm³/mol. The third kappa shape index (κ3) is 3.14. The van der Waals surface area contributed by atoms with Crippen LogP contribution in [0.3, 0.4) is 0 Å². The van der Waals surface area contributed by atoms with Crippen molar-refractivity contribution in [3.05, 3.63) is 29.8 Å². The van der Waals surface area contributed by atoms with Gasteiger partial charge >= 0.3 is 0 Å². The van der Waals surface area contributed by atoms with Crippen LogP contribution in [0.4, 0.5) is 0 Å². The summed E-state index contributed by atoms with van der Waals surface area (Å²) in [4.78, 5) is 0. The molecular weight excluding hydrogens is 182 g/mol. The average Bonchev–Trinajstić information content (AvgIpc) is 2.07. The van der Waals surface area contributed by atoms with Crippen molar-refractivity contribution < 1.29 is 9.84 Å². The van der Waals surface area contributed by atoms with Crippen LogP contribution in [0.1, 0.15) is 5.56 Å². The van der Waals surface area contributed by atoms with Gasteiger partial charge in [0.25, 0.3) is 6.02 Å². The van der Waals surface area contributed by atoms with Crippen LogP contribution in [0.2, 0.25) is 0 Å². The van der Waals surface area contributed by atoms with E-state index in [1.807, 2.05) is 0 Å². The number of phenolic OH excluding ortho intramolecular Hbond substituents is 1. The van der Waals surface area contributed by atoms with Crippen molar-refractivity contribution in [3.8, 4) is 5.75 Å². The van der Waals surface area contributed by atoms with Crippen molar-refractivity contribution >= 4 is 11.9 Å². The molecule has 0 aliphatic rings. The van der Waals surface area contributed by atoms with Crippen LogP contribution in [0.5, 0.6) is 5.75 Å². The van der Waals surface area contributed by atoms with Gasteiger partial charge in [-0.1, -0.05) is 12.1 Å². The summed E-state index contributed by atoms with van der Waals surface area (Å²) in [7, 11) is 0. The Hall–Kier alpha value is -2.04. The quantitative estimate of drug-likeness (QED) is 0.413. The van der Waals surface area contributed by atoms with Crippen LogP contribution in [0.15, 0.2) is 24.3 Å². The summed E-state index contributed by atoms with van der Waals surface area (Å²) in [5.74, 6) is 0.0796. The van der Waals surface area contributed by atoms with Crippen molar-refractivity contribution in [2.45, 2.75) is 6.42 Å². The minimum absolute atomic E-state index is 0.0943. The number of nitrogens with two attached hydrogens (primary N) is 1. The van der Waals surface area contributed by atoms with E-state index in [9.17, 15) is 0 Å². The molecule has 0 heterocycles. The van der Waals surface area contributed by atoms with E-state index < -0.39 is 6.02 Å². The first-order chi connectivity index (χ1) is 6.58. The molecule has 0 saturated carbocycles. The molecule has 0 aromatic heterocycles. The highest BCUT2D eigenvalue weighted by atomic mass is 16.5. The Kier molecular flexibility index (Phi) is 3.06. The molecule has 14 heavy (non-hydrogen) atoms. The molecule has 0 saturated heterocycles. The maximum absolute atomic E-state index is 9.00. The van der Waals surface area contributed by atoms with E-state index in [4.69, 9.17) is 21.7 Å². The van der Waals surface area contributed by atoms with Gasteiger partial charge in [-0.05, 0) is 17.7 Å². The normalized spacial score (nSPS) is 9.43. The summed E-state index contributed by atoms with van der Waals surface area (Å²) in [6.07, 6.45) is 0.250. The maximum atomic E-state index is 9.00. The molecule has 0 fully saturated rings. The van der Waals surface area contributed by atoms with E-state index >= 15 is 0 Å². The first-order valence-corrected chi connectivity index (χ1v) is 3.95. The summed E-state index contributed by atoms with van der Waals surface area (Å²) in [5, 5.41) is 23.1. The van der Waals surface area contributed by atoms with Crippen molar-refractivity contribution in [2.24, 2.45) is 5.73 Å². The first kappa shape index (κ1) is 10.0. The monoisotopic (exact) mass is 193 g/mol. The highest BCUT2D eigenvalue weighted by molar-refractivity contribution is 5.87. The summed E-state index contributed by atoms with van der Waals surface area (Å²) in [6, 6.07) is 5.90. The van der Waals surface area contributed by atoms with E-state index in [1.165, 1.54) is 12.1 Å². The molecule has 5 N–H and O–H groups in total. The fourth-order valence-corrected chi connectivity index (χ4v) is 0.968. The summed E-state index contributed by atoms with van der Waals surface area (Å²) in [5.41, 5.74) is 5.77. The third-order valence-corrected chi connectivity index (χ3v) is 1.53. The van der Waals surface area contributed by atoms with Crippen LogP contribution in [-0.4, -0.2) is 17.0 Å². The van der Waals surface area contributed by atoms with E-state index in [-0.39, 0.29) is 18.1 Å². The highest BCUT2D eigenvalue weighted by Gasteiger charge is 2.02. The number of phenols is 1. The second-order valence-electron chi connectivity index (χ2n) is 2.73. The molecule has 0 atom stereocenters. The molecule has 0 spiro atoms. The maximum Gasteiger partial charge on any atom is 0.285 e. The van der Waals surface area contributed by atoms with Crippen LogP contribution in [0, 0.1) is 10.8 Å². The van der Waals surface area contributed by atoms with Crippen LogP contribution < -0.4 is 5.73 Å². The van der Waals surface area contributed by atoms with Gasteiger partial charge in [0.15, 0.2) is 5.90 Å². The fourth-order valence-electron chi connectivity index (χ4n) is 0.968. The lowest BCUT2D eigenvalue weighted by molar-refractivity contribution is 0.475. The molecule has 1 aromatic carbocycles. The zero-order chi connectivity index (χ0) is 10.6. The van der Waals surface area contributed by atoms with Crippen molar-refractivity contribution in [3.63, 3.8) is 0 Å². The van der Waals surface area contributed by atoms with Crippen molar-refractivity contribution in [1.82, 2.24) is 0 Å². The Labute approximate surface area is 81.1 Å². The van der Waals surface area contributed by atoms with Crippen LogP contribution >= 0.6 is 0 Å². The molecule has 0 bridgehead atoms. The molecule has 5 nitrogen and oxygen atoms in total. The minimum atomic E-state index is -0.492. The van der Waals surface area contributed by atoms with E-state index in [1.54, 1.807) is 12.1 Å². The number of rotatable bonds is 2. The molecule has 74 valence electrons. The number of aromatic hydroxyl groups is 1. The number of ether oxygens (including phenoxy) is 1. The topological polar surface area (TPSA) is 103 Å². The number of hydrogen-bond donors (Lipinski definition) is 4. The van der Waals surface area contributed by atoms with E-state index in [0.29, 0.717) is 0 Å². The Morgan fingerprint density at radius 1 is 1.29 bits per heavy atom. The number of hydrogen-bond acceptors (Lipinski definition) is 4. The number of nitrogens with one attached hydrogen (secondary N) is 2. The summed E-state index contributed by atoms with van der Waals surface area (Å²) in [6.45, 7) is 0. The Balaban J connectivity index is 2.56. The Morgan fingerprint density at radius 3 is 2.36 bits per heavy atom. The molecule has 0 amide bonds. The second kappa shape index (κ2) is 4.27. The van der Waals surface area contributed by atoms with Crippen molar-refractivity contribution in [1.29, 1.82) is 10.8 Å². The summed E-state index contributed by atoms with van der Waals surface area (Å²) >= 11 is 0. The van der Waals surface area contributed by atoms with Crippen LogP contribution in [-0.2, 0) is 11.2 Å². The standard InChI is InChI=1S/C9H11N3O2/c10-8(14-9(11)12)5-6-1-3-7(13)4-2-6/h1-4,10,13H,5H2,(H3,11,12). The number of benzene rings is 1. The van der Waals surface area contributed by atoms with E-state index in [0.717, 1.165) is 5.56 Å². The van der Waals surface area contributed by atoms with Gasteiger partial charge in [0.05, 0.1) is 0 Å². The van der Waals surface area contributed by atoms with Crippen LogP contribution in [0.25, 0.3) is 0 Å². The third-order valence-electron chi connectivity index (χ3n) is 1.53. The molecule has 0 aliphatic carbocycles. The Bertz CT molecular complexity index is 346. The largest absolute Gasteiger partial charge is 0.508 e. The fraction of sp³-hybridized carbons (Fsp3) is 0.111. The molecule has 0 radical (unpaired) electrons. The lowest BCUT2D eigenvalue weighted by Crippen LogP contribution is -2.20. The zero-order valence-electron chi connectivity index (χ0n) is 7.45. The van der Waals surface area contributed by atoms with Gasteiger partial charge in [-0.25, -0.2) is 0 Å². The summed E-state index contributed by atoms with van der Waals surface area (Å²) < 4.78 is 4.57. The molecule has 1 rings (SSSR count). The smallest absolute Gasteiger partial charge is 0.285 e. The minimum Gasteiger partial charge on any atom is -0.508 e. The van der Waals surface area contributed by atoms with Crippen molar-refractivity contribution in [2.75, 3.05) is 0 Å². The van der Waals surface area contributed by atoms with Gasteiger partial charge in [0, 0.05) is 6.42 Å². The van der Waals surface area contributed by atoms with Gasteiger partial charge in [0.2, 0.25) is 0 Å². The lowest BCUT2D eigenvalue weighted by atomic mass is 10.1. The number of amidine groups is 1. The van der Waals surface area contributed by atoms with Gasteiger partial charge in [-0.3, -0.25) is 10.8 Å². The predicted octanol–water partition coefficient (Wildman–Crippen LogP) is 0.822. The van der Waals surface area contributed by atoms with Gasteiger partial charge in [-0.2, -0.15) is 0 Å². The molecule has 0 aliphatic heterocycles. The van der Waals surface area contributed by atoms with Gasteiger partial charge < -0.3 is 15.6 Å². The van der Waals surface area contributed by atoms with Gasteiger partial charge in [0.1, 0.15) is 5.75 Å². The first-order valence-electron chi connectivity index (χ1n) is 3.95. The van der Waals surface area contributed by atoms with E-state index in [2.05, 4.69) is 4.74 Å². The second-order valence-corrected chi connectivity index (χ2v) is 2.73. The highest BCUT2D eigenvalue weighted by Crippen LogP contribution is 2.10. The molecule has 1 aromatic rings. The molecular formula is C9H11N3O2. The SMILES string of the molecule is N=C(N)OC(=N)Cc1ccc(O)cc1. The Morgan fingerprint density at radius 2 is 1.86 bits per heavy atom. The molecule has 0 unspecified atom stereocenters. The lowest BCUT2D eigenvalue weighted by Gasteiger charge is -2.04.